The van der Waals surface area contributed by atoms with Crippen LogP contribution in [-0.2, 0) is 14.6 Å². The first-order valence-electron chi connectivity index (χ1n) is 8.33. The third-order valence-electron chi connectivity index (χ3n) is 5.72. The summed E-state index contributed by atoms with van der Waals surface area (Å²) in [4.78, 5) is 0. The maximum absolute atomic E-state index is 12.9. The first kappa shape index (κ1) is 17.6. The van der Waals surface area contributed by atoms with Gasteiger partial charge in [0.2, 0.25) is 0 Å². The smallest absolute Gasteiger partial charge is 0.161 e. The molecule has 2 saturated heterocycles. The summed E-state index contributed by atoms with van der Waals surface area (Å²) in [6, 6.07) is 0. The van der Waals surface area contributed by atoms with Crippen LogP contribution in [0.1, 0.15) is 38.5 Å². The van der Waals surface area contributed by atoms with E-state index in [1.165, 1.54) is 0 Å². The van der Waals surface area contributed by atoms with Crippen molar-refractivity contribution in [2.75, 3.05) is 13.2 Å². The van der Waals surface area contributed by atoms with Gasteiger partial charge in [0, 0.05) is 0 Å². The Hall–Kier alpha value is -0.250. The Morgan fingerprint density at radius 3 is 2.13 bits per heavy atom. The van der Waals surface area contributed by atoms with Gasteiger partial charge in [-0.05, 0) is 31.6 Å². The Balaban J connectivity index is 1.81. The molecule has 1 aliphatic carbocycles. The highest BCUT2D eigenvalue weighted by atomic mass is 32.2. The van der Waals surface area contributed by atoms with Crippen LogP contribution in [0.25, 0.3) is 0 Å². The lowest BCUT2D eigenvalue weighted by Crippen LogP contribution is -2.63. The fourth-order valence-corrected chi connectivity index (χ4v) is 7.03. The lowest BCUT2D eigenvalue weighted by atomic mass is 9.89. The monoisotopic (exact) mass is 350 g/mol. The lowest BCUT2D eigenvalue weighted by molar-refractivity contribution is -0.182. The molecule has 0 aromatic heterocycles. The zero-order valence-corrected chi connectivity index (χ0v) is 13.9. The van der Waals surface area contributed by atoms with E-state index in [-0.39, 0.29) is 32.0 Å². The van der Waals surface area contributed by atoms with Crippen molar-refractivity contribution in [3.63, 3.8) is 0 Å². The molecule has 4 N–H and O–H groups in total. The topological polar surface area (TPSA) is 124 Å². The molecule has 134 valence electrons. The molecule has 3 aliphatic rings. The van der Waals surface area contributed by atoms with Crippen LogP contribution in [-0.4, -0.2) is 76.5 Å². The standard InChI is InChI=1S/C15H26O7S/c16-11-10(5-6-15(19)7-22-8-15)23(20,21)14(13(18)12(11)17)9-3-1-2-4-9/h9-14,16-19H,1-8H2/t10-,11-,12+,13+,14?/m1/s1. The summed E-state index contributed by atoms with van der Waals surface area (Å²) in [5.41, 5.74) is -1.04. The normalized spacial score (nSPS) is 43.2. The number of hydrogen-bond acceptors (Lipinski definition) is 7. The van der Waals surface area contributed by atoms with E-state index in [9.17, 15) is 28.8 Å². The molecule has 2 heterocycles. The van der Waals surface area contributed by atoms with Gasteiger partial charge in [0.1, 0.15) is 11.7 Å². The minimum absolute atomic E-state index is 0.0519. The third-order valence-corrected chi connectivity index (χ3v) is 8.50. The van der Waals surface area contributed by atoms with Gasteiger partial charge in [0.25, 0.3) is 0 Å². The highest BCUT2D eigenvalue weighted by Crippen LogP contribution is 2.40. The average molecular weight is 350 g/mol. The largest absolute Gasteiger partial charge is 0.389 e. The number of aliphatic hydroxyl groups excluding tert-OH is 3. The number of ether oxygens (including phenoxy) is 1. The van der Waals surface area contributed by atoms with Gasteiger partial charge in [0.15, 0.2) is 9.84 Å². The van der Waals surface area contributed by atoms with E-state index in [1.807, 2.05) is 0 Å². The molecule has 8 heteroatoms. The van der Waals surface area contributed by atoms with E-state index in [2.05, 4.69) is 0 Å². The Bertz CT molecular complexity index is 524. The van der Waals surface area contributed by atoms with Gasteiger partial charge in [-0.3, -0.25) is 0 Å². The zero-order valence-electron chi connectivity index (χ0n) is 13.0. The van der Waals surface area contributed by atoms with Crippen molar-refractivity contribution >= 4 is 9.84 Å². The number of aliphatic hydroxyl groups is 4. The van der Waals surface area contributed by atoms with Crippen molar-refractivity contribution in [1.29, 1.82) is 0 Å². The fourth-order valence-electron chi connectivity index (χ4n) is 4.27. The van der Waals surface area contributed by atoms with Gasteiger partial charge < -0.3 is 25.2 Å². The lowest BCUT2D eigenvalue weighted by Gasteiger charge is -2.44. The van der Waals surface area contributed by atoms with Gasteiger partial charge in [-0.1, -0.05) is 12.8 Å². The van der Waals surface area contributed by atoms with E-state index in [0.717, 1.165) is 12.8 Å². The second kappa shape index (κ2) is 6.24. The van der Waals surface area contributed by atoms with E-state index >= 15 is 0 Å². The van der Waals surface area contributed by atoms with Crippen LogP contribution in [0.15, 0.2) is 0 Å². The summed E-state index contributed by atoms with van der Waals surface area (Å²) in [5.74, 6) is -0.172. The minimum Gasteiger partial charge on any atom is -0.389 e. The summed E-state index contributed by atoms with van der Waals surface area (Å²) in [6.45, 7) is 0.320. The Labute approximate surface area is 136 Å². The van der Waals surface area contributed by atoms with Crippen molar-refractivity contribution < 1.29 is 33.6 Å². The molecule has 7 nitrogen and oxygen atoms in total. The van der Waals surface area contributed by atoms with Crippen molar-refractivity contribution in [1.82, 2.24) is 0 Å². The van der Waals surface area contributed by atoms with Crippen molar-refractivity contribution in [2.24, 2.45) is 5.92 Å². The SMILES string of the molecule is O=S1(=O)C(C2CCCC2)[C@@H](O)[C@@H](O)[C@H](O)[C@H]1CCC1(O)COC1. The maximum atomic E-state index is 12.9. The van der Waals surface area contributed by atoms with E-state index in [0.29, 0.717) is 12.8 Å². The first-order valence-corrected chi connectivity index (χ1v) is 9.94. The summed E-state index contributed by atoms with van der Waals surface area (Å²) in [7, 11) is -3.80. The minimum atomic E-state index is -3.80. The van der Waals surface area contributed by atoms with Crippen LogP contribution >= 0.6 is 0 Å². The zero-order chi connectivity index (χ0) is 16.8. The summed E-state index contributed by atoms with van der Waals surface area (Å²) in [6.07, 6.45) is -0.941. The molecule has 0 radical (unpaired) electrons. The Morgan fingerprint density at radius 1 is 1.00 bits per heavy atom. The second-order valence-electron chi connectivity index (χ2n) is 7.36. The molecule has 5 atom stereocenters. The second-order valence-corrected chi connectivity index (χ2v) is 9.69. The Morgan fingerprint density at radius 2 is 1.61 bits per heavy atom. The number of sulfone groups is 1. The quantitative estimate of drug-likeness (QED) is 0.511. The summed E-state index contributed by atoms with van der Waals surface area (Å²) < 4.78 is 30.8. The van der Waals surface area contributed by atoms with Crippen LogP contribution in [0.5, 0.6) is 0 Å². The summed E-state index contributed by atoms with van der Waals surface area (Å²) in [5, 5.41) is 38.5. The molecular weight excluding hydrogens is 324 g/mol. The highest BCUT2D eigenvalue weighted by molar-refractivity contribution is 7.92. The molecule has 0 bridgehead atoms. The van der Waals surface area contributed by atoms with Crippen molar-refractivity contribution in [3.05, 3.63) is 0 Å². The van der Waals surface area contributed by atoms with Crippen LogP contribution in [0.3, 0.4) is 0 Å². The van der Waals surface area contributed by atoms with Gasteiger partial charge in [-0.15, -0.1) is 0 Å². The molecule has 1 unspecified atom stereocenters. The average Bonchev–Trinajstić information content (AvgIpc) is 2.96. The molecule has 23 heavy (non-hydrogen) atoms. The molecule has 0 aromatic carbocycles. The van der Waals surface area contributed by atoms with Gasteiger partial charge in [0.05, 0.1) is 35.9 Å². The van der Waals surface area contributed by atoms with Crippen LogP contribution in [0, 0.1) is 5.92 Å². The predicted octanol–water partition coefficient (Wildman–Crippen LogP) is -1.03. The fraction of sp³-hybridized carbons (Fsp3) is 1.00. The molecule has 3 rings (SSSR count). The maximum Gasteiger partial charge on any atom is 0.161 e. The molecular formula is C15H26O7S. The molecule has 0 aromatic rings. The first-order chi connectivity index (χ1) is 10.8. The van der Waals surface area contributed by atoms with Crippen LogP contribution < -0.4 is 0 Å². The van der Waals surface area contributed by atoms with Crippen LogP contribution in [0.4, 0.5) is 0 Å². The van der Waals surface area contributed by atoms with Gasteiger partial charge in [-0.2, -0.15) is 0 Å². The molecule has 0 amide bonds. The van der Waals surface area contributed by atoms with Crippen LogP contribution in [0.2, 0.25) is 0 Å². The van der Waals surface area contributed by atoms with Gasteiger partial charge >= 0.3 is 0 Å². The number of hydrogen-bond donors (Lipinski definition) is 4. The van der Waals surface area contributed by atoms with E-state index in [1.54, 1.807) is 0 Å². The molecule has 1 saturated carbocycles. The molecule has 3 fully saturated rings. The van der Waals surface area contributed by atoms with Gasteiger partial charge in [-0.25, -0.2) is 8.42 Å². The predicted molar refractivity (Wildman–Crippen MR) is 81.5 cm³/mol. The van der Waals surface area contributed by atoms with Crippen molar-refractivity contribution in [3.8, 4) is 0 Å². The third kappa shape index (κ3) is 3.05. The molecule has 2 aliphatic heterocycles. The van der Waals surface area contributed by atoms with Crippen molar-refractivity contribution in [2.45, 2.75) is 72.9 Å². The van der Waals surface area contributed by atoms with E-state index < -0.39 is 44.3 Å². The molecule has 0 spiro atoms. The van der Waals surface area contributed by atoms with E-state index in [4.69, 9.17) is 4.74 Å². The highest BCUT2D eigenvalue weighted by Gasteiger charge is 2.55. The Kier molecular flexibility index (Phi) is 4.76. The summed E-state index contributed by atoms with van der Waals surface area (Å²) >= 11 is 0. The number of rotatable bonds is 4.